The summed E-state index contributed by atoms with van der Waals surface area (Å²) in [5.74, 6) is -1.29. The molecule has 1 aromatic heterocycles. The molecular formula is C17H17N3O4. The van der Waals surface area contributed by atoms with Crippen LogP contribution < -0.4 is 5.32 Å². The van der Waals surface area contributed by atoms with Crippen molar-refractivity contribution in [3.05, 3.63) is 47.9 Å². The highest BCUT2D eigenvalue weighted by atomic mass is 16.5. The second-order valence-electron chi connectivity index (χ2n) is 5.52. The van der Waals surface area contributed by atoms with E-state index in [1.165, 1.54) is 12.4 Å². The van der Waals surface area contributed by atoms with E-state index in [0.29, 0.717) is 23.4 Å². The van der Waals surface area contributed by atoms with E-state index in [1.54, 1.807) is 24.3 Å². The molecule has 7 nitrogen and oxygen atoms in total. The molecule has 0 unspecified atom stereocenters. The van der Waals surface area contributed by atoms with E-state index < -0.39 is 5.97 Å². The van der Waals surface area contributed by atoms with Crippen molar-refractivity contribution in [1.82, 2.24) is 15.3 Å². The third-order valence-corrected chi connectivity index (χ3v) is 3.81. The average molecular weight is 327 g/mol. The normalized spacial score (nSPS) is 16.8. The maximum atomic E-state index is 12.1. The molecule has 2 heterocycles. The number of carbonyl (C=O) groups excluding carboxylic acids is 1. The van der Waals surface area contributed by atoms with Crippen LogP contribution in [0.3, 0.4) is 0 Å². The molecule has 1 aromatic carbocycles. The number of nitrogens with one attached hydrogen (secondary N) is 1. The van der Waals surface area contributed by atoms with E-state index >= 15 is 0 Å². The Labute approximate surface area is 138 Å². The zero-order valence-electron chi connectivity index (χ0n) is 12.9. The van der Waals surface area contributed by atoms with Crippen molar-refractivity contribution in [2.24, 2.45) is 0 Å². The van der Waals surface area contributed by atoms with Gasteiger partial charge < -0.3 is 15.2 Å². The van der Waals surface area contributed by atoms with Gasteiger partial charge in [0.05, 0.1) is 24.2 Å². The third kappa shape index (κ3) is 3.75. The second-order valence-corrected chi connectivity index (χ2v) is 5.52. The number of aromatic nitrogens is 2. The van der Waals surface area contributed by atoms with Crippen LogP contribution in [0.25, 0.3) is 11.3 Å². The highest BCUT2D eigenvalue weighted by Gasteiger charge is 2.16. The summed E-state index contributed by atoms with van der Waals surface area (Å²) in [4.78, 5) is 31.0. The topological polar surface area (TPSA) is 101 Å². The van der Waals surface area contributed by atoms with Crippen LogP contribution in [0.4, 0.5) is 0 Å². The molecule has 2 N–H and O–H groups in total. The van der Waals surface area contributed by atoms with Gasteiger partial charge in [-0.05, 0) is 25.0 Å². The molecule has 1 amide bonds. The molecule has 1 fully saturated rings. The molecule has 1 aliphatic rings. The minimum Gasteiger partial charge on any atom is -0.476 e. The number of hydrogen-bond acceptors (Lipinski definition) is 5. The van der Waals surface area contributed by atoms with Crippen LogP contribution in [0.15, 0.2) is 36.7 Å². The van der Waals surface area contributed by atoms with Gasteiger partial charge in [-0.1, -0.05) is 12.1 Å². The molecule has 124 valence electrons. The van der Waals surface area contributed by atoms with Gasteiger partial charge in [-0.25, -0.2) is 9.78 Å². The van der Waals surface area contributed by atoms with Gasteiger partial charge in [-0.3, -0.25) is 9.78 Å². The summed E-state index contributed by atoms with van der Waals surface area (Å²) in [6.07, 6.45) is 4.78. The Bertz CT molecular complexity index is 740. The van der Waals surface area contributed by atoms with Gasteiger partial charge in [0.2, 0.25) is 0 Å². The maximum Gasteiger partial charge on any atom is 0.356 e. The molecule has 0 bridgehead atoms. The predicted octanol–water partition coefficient (Wildman–Crippen LogP) is 1.75. The summed E-state index contributed by atoms with van der Waals surface area (Å²) in [6, 6.07) is 6.79. The maximum absolute atomic E-state index is 12.1. The number of carboxylic acid groups (broad SMARTS) is 1. The van der Waals surface area contributed by atoms with Gasteiger partial charge in [0, 0.05) is 24.3 Å². The van der Waals surface area contributed by atoms with Gasteiger partial charge in [0.15, 0.2) is 5.69 Å². The first-order valence-corrected chi connectivity index (χ1v) is 7.69. The lowest BCUT2D eigenvalue weighted by molar-refractivity contribution is 0.0690. The zero-order chi connectivity index (χ0) is 16.9. The van der Waals surface area contributed by atoms with Crippen LogP contribution in [0.1, 0.15) is 33.7 Å². The molecule has 2 aromatic rings. The minimum atomic E-state index is -1.13. The summed E-state index contributed by atoms with van der Waals surface area (Å²) in [7, 11) is 0. The van der Waals surface area contributed by atoms with Crippen molar-refractivity contribution in [1.29, 1.82) is 0 Å². The van der Waals surface area contributed by atoms with Crippen LogP contribution in [0.2, 0.25) is 0 Å². The number of hydrogen-bond donors (Lipinski definition) is 2. The summed E-state index contributed by atoms with van der Waals surface area (Å²) >= 11 is 0. The monoisotopic (exact) mass is 327 g/mol. The highest BCUT2D eigenvalue weighted by molar-refractivity contribution is 5.94. The Morgan fingerprint density at radius 3 is 2.71 bits per heavy atom. The molecule has 0 radical (unpaired) electrons. The van der Waals surface area contributed by atoms with E-state index in [9.17, 15) is 9.59 Å². The molecular weight excluding hydrogens is 310 g/mol. The SMILES string of the molecule is O=C(NC[C@H]1CCCO1)c1ccc(-c2cncc(C(=O)O)n2)cc1. The van der Waals surface area contributed by atoms with Crippen molar-refractivity contribution in [2.45, 2.75) is 18.9 Å². The van der Waals surface area contributed by atoms with Gasteiger partial charge in [0.1, 0.15) is 0 Å². The van der Waals surface area contributed by atoms with Gasteiger partial charge in [-0.15, -0.1) is 0 Å². The van der Waals surface area contributed by atoms with E-state index in [1.807, 2.05) is 0 Å². The molecule has 0 aliphatic carbocycles. The first kappa shape index (κ1) is 16.1. The van der Waals surface area contributed by atoms with E-state index in [2.05, 4.69) is 15.3 Å². The number of aromatic carboxylic acids is 1. The summed E-state index contributed by atoms with van der Waals surface area (Å²) in [5.41, 5.74) is 1.55. The molecule has 7 heteroatoms. The smallest absolute Gasteiger partial charge is 0.356 e. The first-order chi connectivity index (χ1) is 11.6. The summed E-state index contributed by atoms with van der Waals surface area (Å²) < 4.78 is 5.47. The predicted molar refractivity (Wildman–Crippen MR) is 85.7 cm³/mol. The summed E-state index contributed by atoms with van der Waals surface area (Å²) in [5, 5.41) is 11.8. The Balaban J connectivity index is 1.67. The lowest BCUT2D eigenvalue weighted by Crippen LogP contribution is -2.31. The molecule has 0 spiro atoms. The standard InChI is InChI=1S/C17H17N3O4/c21-16(19-8-13-2-1-7-24-13)12-5-3-11(4-6-12)14-9-18-10-15(20-14)17(22)23/h3-6,9-10,13H,1-2,7-8H2,(H,19,21)(H,22,23)/t13-/m1/s1. The van der Waals surface area contributed by atoms with Crippen LogP contribution >= 0.6 is 0 Å². The van der Waals surface area contributed by atoms with Crippen molar-refractivity contribution in [3.8, 4) is 11.3 Å². The van der Waals surface area contributed by atoms with Gasteiger partial charge >= 0.3 is 5.97 Å². The van der Waals surface area contributed by atoms with Crippen molar-refractivity contribution >= 4 is 11.9 Å². The average Bonchev–Trinajstić information content (AvgIpc) is 3.13. The van der Waals surface area contributed by atoms with Crippen molar-refractivity contribution < 1.29 is 19.4 Å². The molecule has 0 saturated carbocycles. The lowest BCUT2D eigenvalue weighted by Gasteiger charge is -2.11. The Morgan fingerprint density at radius 1 is 1.25 bits per heavy atom. The molecule has 24 heavy (non-hydrogen) atoms. The lowest BCUT2D eigenvalue weighted by atomic mass is 10.1. The van der Waals surface area contributed by atoms with Gasteiger partial charge in [0.25, 0.3) is 5.91 Å². The Morgan fingerprint density at radius 2 is 2.04 bits per heavy atom. The fraction of sp³-hybridized carbons (Fsp3) is 0.294. The number of carbonyl (C=O) groups is 2. The Kier molecular flexibility index (Phi) is 4.81. The minimum absolute atomic E-state index is 0.0993. The second kappa shape index (κ2) is 7.18. The number of amides is 1. The van der Waals surface area contributed by atoms with E-state index in [0.717, 1.165) is 19.4 Å². The molecule has 3 rings (SSSR count). The van der Waals surface area contributed by atoms with Crippen molar-refractivity contribution in [3.63, 3.8) is 0 Å². The number of ether oxygens (including phenoxy) is 1. The molecule has 1 saturated heterocycles. The fourth-order valence-electron chi connectivity index (χ4n) is 2.51. The van der Waals surface area contributed by atoms with E-state index in [4.69, 9.17) is 9.84 Å². The van der Waals surface area contributed by atoms with E-state index in [-0.39, 0.29) is 17.7 Å². The van der Waals surface area contributed by atoms with Gasteiger partial charge in [-0.2, -0.15) is 0 Å². The number of rotatable bonds is 5. The zero-order valence-corrected chi connectivity index (χ0v) is 12.9. The molecule has 1 aliphatic heterocycles. The summed E-state index contributed by atoms with van der Waals surface area (Å²) in [6.45, 7) is 1.26. The largest absolute Gasteiger partial charge is 0.476 e. The van der Waals surface area contributed by atoms with Crippen LogP contribution in [0.5, 0.6) is 0 Å². The highest BCUT2D eigenvalue weighted by Crippen LogP contribution is 2.17. The van der Waals surface area contributed by atoms with Crippen molar-refractivity contribution in [2.75, 3.05) is 13.2 Å². The quantitative estimate of drug-likeness (QED) is 0.867. The van der Waals surface area contributed by atoms with Crippen LogP contribution in [0, 0.1) is 0 Å². The Hall–Kier alpha value is -2.80. The molecule has 1 atom stereocenters. The van der Waals surface area contributed by atoms with Crippen LogP contribution in [-0.4, -0.2) is 46.2 Å². The van der Waals surface area contributed by atoms with Crippen LogP contribution in [-0.2, 0) is 4.74 Å². The number of benzene rings is 1. The third-order valence-electron chi connectivity index (χ3n) is 3.81. The first-order valence-electron chi connectivity index (χ1n) is 7.69. The number of nitrogens with zero attached hydrogens (tertiary/aromatic N) is 2. The number of carboxylic acids is 1. The fourth-order valence-corrected chi connectivity index (χ4v) is 2.51.